The molecule has 0 atom stereocenters. The Kier molecular flexibility index (Phi) is 6.32. The number of hydrogen-bond acceptors (Lipinski definition) is 5. The Morgan fingerprint density at radius 1 is 1.09 bits per heavy atom. The van der Waals surface area contributed by atoms with E-state index in [4.69, 9.17) is 9.47 Å². The van der Waals surface area contributed by atoms with Crippen molar-refractivity contribution in [1.29, 1.82) is 0 Å². The molecule has 8 heteroatoms. The van der Waals surface area contributed by atoms with E-state index < -0.39 is 0 Å². The number of rotatable bonds is 6. The number of methoxy groups -OCH3 is 1. The summed E-state index contributed by atoms with van der Waals surface area (Å²) in [6.45, 7) is 5.15. The van der Waals surface area contributed by atoms with E-state index >= 15 is 0 Å². The number of benzene rings is 2. The van der Waals surface area contributed by atoms with Crippen molar-refractivity contribution in [2.75, 3.05) is 51.4 Å². The van der Waals surface area contributed by atoms with Gasteiger partial charge in [0.25, 0.3) is 5.91 Å². The van der Waals surface area contributed by atoms with Crippen LogP contribution in [0.3, 0.4) is 0 Å². The molecular weight excluding hydrogens is 432 g/mol. The molecule has 180 valence electrons. The standard InChI is InChI=1S/C26H32N4O4/c1-33-23-7-5-19(6-8-23)16-27-25(32)28-21-14-26(15-21)17-30(18-26)24(31)20-3-2-4-22(13-20)29-9-11-34-12-10-29/h2-8,13,21H,9-12,14-18H2,1H3,(H2,27,28,32). The van der Waals surface area contributed by atoms with Gasteiger partial charge in [-0.25, -0.2) is 4.79 Å². The molecule has 1 spiro atoms. The minimum absolute atomic E-state index is 0.0920. The van der Waals surface area contributed by atoms with Crippen LogP contribution in [0.1, 0.15) is 28.8 Å². The van der Waals surface area contributed by atoms with Crippen LogP contribution in [-0.4, -0.2) is 69.4 Å². The van der Waals surface area contributed by atoms with Gasteiger partial charge in [-0.1, -0.05) is 18.2 Å². The minimum Gasteiger partial charge on any atom is -0.497 e. The SMILES string of the molecule is COc1ccc(CNC(=O)NC2CC3(C2)CN(C(=O)c2cccc(N4CCOCC4)c2)C3)cc1. The van der Waals surface area contributed by atoms with E-state index in [1.54, 1.807) is 7.11 Å². The zero-order chi connectivity index (χ0) is 23.5. The monoisotopic (exact) mass is 464 g/mol. The molecule has 1 saturated carbocycles. The zero-order valence-corrected chi connectivity index (χ0v) is 19.6. The largest absolute Gasteiger partial charge is 0.497 e. The summed E-state index contributed by atoms with van der Waals surface area (Å²) in [5, 5.41) is 5.97. The van der Waals surface area contributed by atoms with Crippen LogP contribution in [0.5, 0.6) is 5.75 Å². The molecule has 2 heterocycles. The molecule has 0 aromatic heterocycles. The van der Waals surface area contributed by atoms with Crippen molar-refractivity contribution in [3.63, 3.8) is 0 Å². The molecule has 5 rings (SSSR count). The average molecular weight is 465 g/mol. The Hall–Kier alpha value is -3.26. The second kappa shape index (κ2) is 9.54. The van der Waals surface area contributed by atoms with Crippen LogP contribution < -0.4 is 20.3 Å². The second-order valence-electron chi connectivity index (χ2n) is 9.59. The lowest BCUT2D eigenvalue weighted by Crippen LogP contribution is -2.67. The maximum absolute atomic E-state index is 13.0. The molecule has 2 aromatic carbocycles. The molecular formula is C26H32N4O4. The lowest BCUT2D eigenvalue weighted by molar-refractivity contribution is -0.0585. The number of carbonyl (C=O) groups is 2. The van der Waals surface area contributed by atoms with Crippen LogP contribution >= 0.6 is 0 Å². The topological polar surface area (TPSA) is 83.1 Å². The Bertz CT molecular complexity index is 1020. The van der Waals surface area contributed by atoms with Gasteiger partial charge in [0, 0.05) is 55.4 Å². The molecule has 2 aromatic rings. The van der Waals surface area contributed by atoms with Gasteiger partial charge in [0.1, 0.15) is 5.75 Å². The molecule has 3 fully saturated rings. The van der Waals surface area contributed by atoms with Crippen LogP contribution in [0.15, 0.2) is 48.5 Å². The Labute approximate surface area is 200 Å². The molecule has 2 aliphatic heterocycles. The van der Waals surface area contributed by atoms with Gasteiger partial charge in [0.2, 0.25) is 0 Å². The predicted molar refractivity (Wildman–Crippen MR) is 129 cm³/mol. The van der Waals surface area contributed by atoms with E-state index in [0.717, 1.165) is 74.8 Å². The zero-order valence-electron chi connectivity index (χ0n) is 19.6. The molecule has 3 aliphatic rings. The second-order valence-corrected chi connectivity index (χ2v) is 9.59. The molecule has 0 unspecified atom stereocenters. The van der Waals surface area contributed by atoms with Crippen molar-refractivity contribution in [3.8, 4) is 5.75 Å². The van der Waals surface area contributed by atoms with Crippen LogP contribution in [0.25, 0.3) is 0 Å². The highest BCUT2D eigenvalue weighted by Crippen LogP contribution is 2.48. The third-order valence-electron chi connectivity index (χ3n) is 7.12. The molecule has 34 heavy (non-hydrogen) atoms. The molecule has 1 aliphatic carbocycles. The highest BCUT2D eigenvalue weighted by Gasteiger charge is 2.54. The van der Waals surface area contributed by atoms with Gasteiger partial charge in [0.05, 0.1) is 20.3 Å². The lowest BCUT2D eigenvalue weighted by atomic mass is 9.60. The first-order valence-corrected chi connectivity index (χ1v) is 11.9. The van der Waals surface area contributed by atoms with E-state index in [-0.39, 0.29) is 23.4 Å². The minimum atomic E-state index is -0.150. The number of anilines is 1. The van der Waals surface area contributed by atoms with Crippen molar-refractivity contribution in [1.82, 2.24) is 15.5 Å². The van der Waals surface area contributed by atoms with Gasteiger partial charge < -0.3 is 29.9 Å². The molecule has 0 radical (unpaired) electrons. The van der Waals surface area contributed by atoms with Gasteiger partial charge in [-0.2, -0.15) is 0 Å². The number of amides is 3. The first-order valence-electron chi connectivity index (χ1n) is 11.9. The van der Waals surface area contributed by atoms with E-state index in [1.807, 2.05) is 47.4 Å². The Morgan fingerprint density at radius 3 is 2.53 bits per heavy atom. The van der Waals surface area contributed by atoms with Crippen molar-refractivity contribution < 1.29 is 19.1 Å². The maximum Gasteiger partial charge on any atom is 0.315 e. The number of nitrogens with one attached hydrogen (secondary N) is 2. The number of nitrogens with zero attached hydrogens (tertiary/aromatic N) is 2. The van der Waals surface area contributed by atoms with Crippen LogP contribution in [0, 0.1) is 5.41 Å². The fourth-order valence-corrected chi connectivity index (χ4v) is 5.25. The molecule has 2 saturated heterocycles. The van der Waals surface area contributed by atoms with Gasteiger partial charge in [-0.05, 0) is 48.7 Å². The van der Waals surface area contributed by atoms with Gasteiger partial charge >= 0.3 is 6.03 Å². The fraction of sp³-hybridized carbons (Fsp3) is 0.462. The normalized spacial score (nSPS) is 19.2. The number of ether oxygens (including phenoxy) is 2. The van der Waals surface area contributed by atoms with Crippen molar-refractivity contribution in [3.05, 3.63) is 59.7 Å². The number of hydrogen-bond donors (Lipinski definition) is 2. The average Bonchev–Trinajstić information content (AvgIpc) is 2.84. The van der Waals surface area contributed by atoms with Crippen LogP contribution in [0.2, 0.25) is 0 Å². The summed E-state index contributed by atoms with van der Waals surface area (Å²) in [6, 6.07) is 15.6. The van der Waals surface area contributed by atoms with E-state index in [9.17, 15) is 9.59 Å². The number of morpholine rings is 1. The van der Waals surface area contributed by atoms with E-state index in [1.165, 1.54) is 0 Å². The number of urea groups is 1. The molecule has 3 amide bonds. The summed E-state index contributed by atoms with van der Waals surface area (Å²) in [7, 11) is 1.63. The Morgan fingerprint density at radius 2 is 1.82 bits per heavy atom. The third-order valence-corrected chi connectivity index (χ3v) is 7.12. The Balaban J connectivity index is 1.05. The number of likely N-dealkylation sites (tertiary alicyclic amines) is 1. The molecule has 2 N–H and O–H groups in total. The summed E-state index contributed by atoms with van der Waals surface area (Å²) in [5.74, 6) is 0.889. The lowest BCUT2D eigenvalue weighted by Gasteiger charge is -2.59. The highest BCUT2D eigenvalue weighted by molar-refractivity contribution is 5.95. The van der Waals surface area contributed by atoms with Crippen LogP contribution in [-0.2, 0) is 11.3 Å². The van der Waals surface area contributed by atoms with Crippen molar-refractivity contribution in [2.24, 2.45) is 5.41 Å². The van der Waals surface area contributed by atoms with E-state index in [0.29, 0.717) is 6.54 Å². The first-order chi connectivity index (χ1) is 16.5. The van der Waals surface area contributed by atoms with Gasteiger partial charge in [0.15, 0.2) is 0 Å². The first kappa shape index (κ1) is 22.5. The van der Waals surface area contributed by atoms with Crippen molar-refractivity contribution in [2.45, 2.75) is 25.4 Å². The summed E-state index contributed by atoms with van der Waals surface area (Å²) in [6.07, 6.45) is 1.83. The van der Waals surface area contributed by atoms with Crippen molar-refractivity contribution >= 4 is 17.6 Å². The maximum atomic E-state index is 13.0. The quantitative estimate of drug-likeness (QED) is 0.687. The number of carbonyl (C=O) groups excluding carboxylic acids is 2. The van der Waals surface area contributed by atoms with E-state index in [2.05, 4.69) is 21.6 Å². The van der Waals surface area contributed by atoms with Gasteiger partial charge in [-0.15, -0.1) is 0 Å². The van der Waals surface area contributed by atoms with Crippen LogP contribution in [0.4, 0.5) is 10.5 Å². The summed E-state index contributed by atoms with van der Waals surface area (Å²) < 4.78 is 10.6. The third kappa shape index (κ3) is 4.82. The highest BCUT2D eigenvalue weighted by atomic mass is 16.5. The smallest absolute Gasteiger partial charge is 0.315 e. The summed E-state index contributed by atoms with van der Waals surface area (Å²) >= 11 is 0. The summed E-state index contributed by atoms with van der Waals surface area (Å²) in [4.78, 5) is 29.5. The predicted octanol–water partition coefficient (Wildman–Crippen LogP) is 2.64. The fourth-order valence-electron chi connectivity index (χ4n) is 5.25. The summed E-state index contributed by atoms with van der Waals surface area (Å²) in [5.41, 5.74) is 3.00. The molecule has 0 bridgehead atoms. The molecule has 8 nitrogen and oxygen atoms in total. The van der Waals surface area contributed by atoms with Gasteiger partial charge in [-0.3, -0.25) is 4.79 Å².